The Morgan fingerprint density at radius 3 is 2.33 bits per heavy atom. The summed E-state index contributed by atoms with van der Waals surface area (Å²) in [6, 6.07) is 6.60. The van der Waals surface area contributed by atoms with E-state index in [9.17, 15) is 13.2 Å². The Morgan fingerprint density at radius 1 is 1.33 bits per heavy atom. The Balaban J connectivity index is 2.63. The van der Waals surface area contributed by atoms with Gasteiger partial charge in [0.2, 0.25) is 10.0 Å². The van der Waals surface area contributed by atoms with Crippen LogP contribution < -0.4 is 4.74 Å². The van der Waals surface area contributed by atoms with Crippen molar-refractivity contribution >= 4 is 16.0 Å². The molecule has 0 aliphatic rings. The third-order valence-corrected chi connectivity index (χ3v) is 3.52. The Hall–Kier alpha value is -1.60. The van der Waals surface area contributed by atoms with Crippen LogP contribution in [0.4, 0.5) is 0 Å². The molecule has 1 aromatic carbocycles. The van der Waals surface area contributed by atoms with E-state index < -0.39 is 22.6 Å². The molecule has 0 aromatic heterocycles. The lowest BCUT2D eigenvalue weighted by molar-refractivity contribution is -0.139. The Bertz CT molecular complexity index is 509. The molecule has 7 heteroatoms. The molecule has 0 fully saturated rings. The van der Waals surface area contributed by atoms with Gasteiger partial charge in [-0.25, -0.2) is 17.5 Å². The Kier molecular flexibility index (Phi) is 4.69. The topological polar surface area (TPSA) is 83.9 Å². The monoisotopic (exact) mass is 273 g/mol. The van der Waals surface area contributed by atoms with Gasteiger partial charge < -0.3 is 9.84 Å². The van der Waals surface area contributed by atoms with Gasteiger partial charge in [-0.05, 0) is 17.7 Å². The quantitative estimate of drug-likeness (QED) is 0.818. The second-order valence-corrected chi connectivity index (χ2v) is 5.93. The van der Waals surface area contributed by atoms with Crippen LogP contribution in [0.2, 0.25) is 0 Å². The van der Waals surface area contributed by atoms with Gasteiger partial charge in [-0.3, -0.25) is 0 Å². The van der Waals surface area contributed by atoms with Gasteiger partial charge in [0.15, 0.2) is 6.61 Å². The molecule has 1 aromatic rings. The number of rotatable bonds is 6. The molecule has 0 atom stereocenters. The van der Waals surface area contributed by atoms with Crippen molar-refractivity contribution in [3.05, 3.63) is 29.8 Å². The van der Waals surface area contributed by atoms with E-state index in [0.29, 0.717) is 5.75 Å². The molecule has 18 heavy (non-hydrogen) atoms. The molecule has 0 unspecified atom stereocenters. The molecular formula is C11H15NO5S. The maximum atomic E-state index is 11.2. The highest BCUT2D eigenvalue weighted by molar-refractivity contribution is 7.88. The fourth-order valence-electron chi connectivity index (χ4n) is 1.21. The minimum atomic E-state index is -3.21. The van der Waals surface area contributed by atoms with Crippen molar-refractivity contribution in [2.45, 2.75) is 6.54 Å². The molecule has 0 amide bonds. The second-order valence-electron chi connectivity index (χ2n) is 3.85. The molecule has 0 aliphatic heterocycles. The fourth-order valence-corrected chi connectivity index (χ4v) is 1.59. The summed E-state index contributed by atoms with van der Waals surface area (Å²) < 4.78 is 28.6. The third kappa shape index (κ3) is 4.72. The van der Waals surface area contributed by atoms with E-state index in [0.717, 1.165) is 11.8 Å². The first kappa shape index (κ1) is 14.5. The van der Waals surface area contributed by atoms with Gasteiger partial charge in [-0.2, -0.15) is 0 Å². The van der Waals surface area contributed by atoms with Crippen LogP contribution in [-0.2, 0) is 21.4 Å². The van der Waals surface area contributed by atoms with Crippen LogP contribution in [0.5, 0.6) is 5.75 Å². The standard InChI is InChI=1S/C11H15NO5S/c1-12(18(2,15)16)7-9-3-5-10(6-4-9)17-8-11(13)14/h3-6H,7-8H2,1-2H3,(H,13,14). The van der Waals surface area contributed by atoms with Crippen LogP contribution in [0.1, 0.15) is 5.56 Å². The number of hydrogen-bond acceptors (Lipinski definition) is 4. The Morgan fingerprint density at radius 2 is 1.89 bits per heavy atom. The van der Waals surface area contributed by atoms with Crippen molar-refractivity contribution in [2.24, 2.45) is 0 Å². The lowest BCUT2D eigenvalue weighted by Gasteiger charge is -2.14. The van der Waals surface area contributed by atoms with Crippen molar-refractivity contribution in [1.82, 2.24) is 4.31 Å². The van der Waals surface area contributed by atoms with Crippen molar-refractivity contribution in [3.63, 3.8) is 0 Å². The second kappa shape index (κ2) is 5.83. The molecule has 0 bridgehead atoms. The number of carboxylic acid groups (broad SMARTS) is 1. The average molecular weight is 273 g/mol. The maximum absolute atomic E-state index is 11.2. The van der Waals surface area contributed by atoms with Crippen LogP contribution in [0.3, 0.4) is 0 Å². The van der Waals surface area contributed by atoms with Crippen LogP contribution in [0, 0.1) is 0 Å². The zero-order valence-electron chi connectivity index (χ0n) is 10.2. The number of ether oxygens (including phenoxy) is 1. The van der Waals surface area contributed by atoms with E-state index >= 15 is 0 Å². The van der Waals surface area contributed by atoms with Crippen LogP contribution in [-0.4, -0.2) is 43.7 Å². The van der Waals surface area contributed by atoms with Crippen molar-refractivity contribution < 1.29 is 23.1 Å². The van der Waals surface area contributed by atoms with E-state index in [1.54, 1.807) is 24.3 Å². The van der Waals surface area contributed by atoms with Gasteiger partial charge in [0.1, 0.15) is 5.75 Å². The average Bonchev–Trinajstić information content (AvgIpc) is 2.26. The lowest BCUT2D eigenvalue weighted by atomic mass is 10.2. The minimum Gasteiger partial charge on any atom is -0.482 e. The van der Waals surface area contributed by atoms with Gasteiger partial charge in [0.05, 0.1) is 6.26 Å². The predicted molar refractivity (Wildman–Crippen MR) is 65.9 cm³/mol. The number of carboxylic acids is 1. The SMILES string of the molecule is CN(Cc1ccc(OCC(=O)O)cc1)S(C)(=O)=O. The molecule has 0 saturated carbocycles. The highest BCUT2D eigenvalue weighted by atomic mass is 32.2. The Labute approximate surface area is 106 Å². The van der Waals surface area contributed by atoms with Crippen molar-refractivity contribution in [1.29, 1.82) is 0 Å². The molecule has 6 nitrogen and oxygen atoms in total. The zero-order chi connectivity index (χ0) is 13.8. The summed E-state index contributed by atoms with van der Waals surface area (Å²) in [4.78, 5) is 10.3. The van der Waals surface area contributed by atoms with Gasteiger partial charge in [-0.15, -0.1) is 0 Å². The molecule has 100 valence electrons. The molecule has 0 aliphatic carbocycles. The number of hydrogen-bond donors (Lipinski definition) is 1. The van der Waals surface area contributed by atoms with E-state index in [4.69, 9.17) is 9.84 Å². The summed E-state index contributed by atoms with van der Waals surface area (Å²) >= 11 is 0. The van der Waals surface area contributed by atoms with E-state index in [1.165, 1.54) is 11.4 Å². The number of sulfonamides is 1. The summed E-state index contributed by atoms with van der Waals surface area (Å²) in [6.07, 6.45) is 1.14. The molecule has 1 N–H and O–H groups in total. The van der Waals surface area contributed by atoms with Crippen molar-refractivity contribution in [3.8, 4) is 5.75 Å². The normalized spacial score (nSPS) is 11.5. The number of carbonyl (C=O) groups is 1. The zero-order valence-corrected chi connectivity index (χ0v) is 11.0. The van der Waals surface area contributed by atoms with Gasteiger partial charge >= 0.3 is 5.97 Å². The summed E-state index contributed by atoms with van der Waals surface area (Å²) in [5.74, 6) is -0.612. The molecule has 0 radical (unpaired) electrons. The molecule has 1 rings (SSSR count). The van der Waals surface area contributed by atoms with Gasteiger partial charge in [0, 0.05) is 13.6 Å². The third-order valence-electron chi connectivity index (χ3n) is 2.26. The first-order chi connectivity index (χ1) is 8.29. The number of nitrogens with zero attached hydrogens (tertiary/aromatic N) is 1. The lowest BCUT2D eigenvalue weighted by Crippen LogP contribution is -2.24. The molecular weight excluding hydrogens is 258 g/mol. The summed E-state index contributed by atoms with van der Waals surface area (Å²) in [5.41, 5.74) is 0.797. The number of benzene rings is 1. The molecule has 0 spiro atoms. The summed E-state index contributed by atoms with van der Waals surface area (Å²) in [6.45, 7) is -0.138. The van der Waals surface area contributed by atoms with Gasteiger partial charge in [-0.1, -0.05) is 12.1 Å². The van der Waals surface area contributed by atoms with Crippen molar-refractivity contribution in [2.75, 3.05) is 19.9 Å². The smallest absolute Gasteiger partial charge is 0.341 e. The summed E-state index contributed by atoms with van der Waals surface area (Å²) in [5, 5.41) is 8.44. The van der Waals surface area contributed by atoms with E-state index in [1.807, 2.05) is 0 Å². The van der Waals surface area contributed by atoms with Crippen LogP contribution in [0.25, 0.3) is 0 Å². The molecule has 0 saturated heterocycles. The first-order valence-electron chi connectivity index (χ1n) is 5.14. The highest BCUT2D eigenvalue weighted by Crippen LogP contribution is 2.14. The van der Waals surface area contributed by atoms with E-state index in [-0.39, 0.29) is 6.54 Å². The fraction of sp³-hybridized carbons (Fsp3) is 0.364. The minimum absolute atomic E-state index is 0.262. The van der Waals surface area contributed by atoms with Crippen LogP contribution in [0.15, 0.2) is 24.3 Å². The van der Waals surface area contributed by atoms with E-state index in [2.05, 4.69) is 0 Å². The maximum Gasteiger partial charge on any atom is 0.341 e. The summed E-state index contributed by atoms with van der Waals surface area (Å²) in [7, 11) is -1.72. The molecule has 0 heterocycles. The largest absolute Gasteiger partial charge is 0.482 e. The van der Waals surface area contributed by atoms with Crippen LogP contribution >= 0.6 is 0 Å². The first-order valence-corrected chi connectivity index (χ1v) is 6.98. The highest BCUT2D eigenvalue weighted by Gasteiger charge is 2.11. The van der Waals surface area contributed by atoms with Gasteiger partial charge in [0.25, 0.3) is 0 Å². The predicted octanol–water partition coefficient (Wildman–Crippen LogP) is 0.541. The number of aliphatic carboxylic acids is 1.